The number of hydrogen-bond acceptors (Lipinski definition) is 6. The highest BCUT2D eigenvalue weighted by atomic mass is 32.2. The largest absolute Gasteiger partial charge is 0.444 e. The Morgan fingerprint density at radius 3 is 2.23 bits per heavy atom. The number of sulfone groups is 1. The Balaban J connectivity index is 1.46. The van der Waals surface area contributed by atoms with Crippen LogP contribution in [0.3, 0.4) is 0 Å². The van der Waals surface area contributed by atoms with Crippen LogP contribution in [0.2, 0.25) is 0 Å². The van der Waals surface area contributed by atoms with Gasteiger partial charge in [-0.2, -0.15) is 0 Å². The molecule has 8 heteroatoms. The molecule has 2 heterocycles. The van der Waals surface area contributed by atoms with Crippen molar-refractivity contribution in [2.75, 3.05) is 57.0 Å². The molecule has 0 spiro atoms. The Morgan fingerprint density at radius 2 is 1.65 bits per heavy atom. The molecule has 1 aromatic carbocycles. The summed E-state index contributed by atoms with van der Waals surface area (Å²) >= 11 is 0. The van der Waals surface area contributed by atoms with Crippen LogP contribution in [0.25, 0.3) is 0 Å². The fourth-order valence-electron chi connectivity index (χ4n) is 4.31. The lowest BCUT2D eigenvalue weighted by Gasteiger charge is -2.35. The second-order valence-electron chi connectivity index (χ2n) is 9.82. The van der Waals surface area contributed by atoms with Crippen LogP contribution < -0.4 is 4.90 Å². The first-order valence-corrected chi connectivity index (χ1v) is 13.2. The molecule has 0 bridgehead atoms. The molecule has 2 saturated heterocycles. The number of anilines is 1. The van der Waals surface area contributed by atoms with Gasteiger partial charge in [0.05, 0.1) is 4.90 Å². The van der Waals surface area contributed by atoms with Gasteiger partial charge in [0.1, 0.15) is 5.60 Å². The summed E-state index contributed by atoms with van der Waals surface area (Å²) in [4.78, 5) is 19.3. The van der Waals surface area contributed by atoms with E-state index in [2.05, 4.69) is 9.80 Å². The fraction of sp³-hybridized carbons (Fsp3) is 0.696. The van der Waals surface area contributed by atoms with Gasteiger partial charge in [-0.15, -0.1) is 0 Å². The van der Waals surface area contributed by atoms with Gasteiger partial charge in [-0.25, -0.2) is 13.2 Å². The highest BCUT2D eigenvalue weighted by molar-refractivity contribution is 7.90. The Hall–Kier alpha value is -1.80. The zero-order valence-corrected chi connectivity index (χ0v) is 20.2. The third kappa shape index (κ3) is 7.10. The van der Waals surface area contributed by atoms with E-state index in [0.717, 1.165) is 70.8 Å². The lowest BCUT2D eigenvalue weighted by atomic mass is 9.96. The summed E-state index contributed by atoms with van der Waals surface area (Å²) in [6, 6.07) is 7.23. The molecule has 3 rings (SSSR count). The Kier molecular flexibility index (Phi) is 7.52. The minimum Gasteiger partial charge on any atom is -0.444 e. The number of nitrogens with zero attached hydrogens (tertiary/aromatic N) is 3. The average Bonchev–Trinajstić information content (AvgIpc) is 2.92. The van der Waals surface area contributed by atoms with E-state index in [1.165, 1.54) is 6.26 Å². The monoisotopic (exact) mass is 451 g/mol. The quantitative estimate of drug-likeness (QED) is 0.700. The highest BCUT2D eigenvalue weighted by Gasteiger charge is 2.28. The van der Waals surface area contributed by atoms with Crippen molar-refractivity contribution in [1.82, 2.24) is 9.80 Å². The topological polar surface area (TPSA) is 70.2 Å². The molecule has 0 aromatic heterocycles. The first-order chi connectivity index (χ1) is 14.5. The number of carbonyl (C=O) groups is 1. The summed E-state index contributed by atoms with van der Waals surface area (Å²) in [5, 5.41) is 0. The van der Waals surface area contributed by atoms with Crippen LogP contribution in [-0.4, -0.2) is 82.0 Å². The SMILES string of the molecule is CC(C)(C)OC(=O)N1CCC(CN2CCCN(c3ccc(S(C)(=O)=O)cc3)CC2)CC1. The standard InChI is InChI=1S/C23H37N3O4S/c1-23(2,3)30-22(27)26-14-10-19(11-15-26)18-24-12-5-13-25(17-16-24)20-6-8-21(9-7-20)31(4,28)29/h6-9,19H,5,10-18H2,1-4H3. The van der Waals surface area contributed by atoms with Gasteiger partial charge in [0.15, 0.2) is 9.84 Å². The van der Waals surface area contributed by atoms with E-state index in [4.69, 9.17) is 4.74 Å². The molecule has 1 amide bonds. The predicted octanol–water partition coefficient (Wildman–Crippen LogP) is 3.25. The second kappa shape index (κ2) is 9.77. The van der Waals surface area contributed by atoms with Gasteiger partial charge in [-0.1, -0.05) is 0 Å². The van der Waals surface area contributed by atoms with Crippen LogP contribution in [0.4, 0.5) is 10.5 Å². The number of benzene rings is 1. The van der Waals surface area contributed by atoms with Gasteiger partial charge in [-0.05, 0) is 76.8 Å². The van der Waals surface area contributed by atoms with E-state index in [1.54, 1.807) is 12.1 Å². The Labute approximate surface area is 187 Å². The Morgan fingerprint density at radius 1 is 1.00 bits per heavy atom. The van der Waals surface area contributed by atoms with Crippen LogP contribution in [0.5, 0.6) is 0 Å². The summed E-state index contributed by atoms with van der Waals surface area (Å²) in [5.41, 5.74) is 0.636. The van der Waals surface area contributed by atoms with Gasteiger partial charge in [0, 0.05) is 51.2 Å². The molecule has 1 aromatic rings. The maximum absolute atomic E-state index is 12.3. The van der Waals surface area contributed by atoms with Gasteiger partial charge in [0.25, 0.3) is 0 Å². The number of piperidine rings is 1. The summed E-state index contributed by atoms with van der Waals surface area (Å²) in [7, 11) is -3.16. The fourth-order valence-corrected chi connectivity index (χ4v) is 4.94. The average molecular weight is 452 g/mol. The minimum absolute atomic E-state index is 0.196. The lowest BCUT2D eigenvalue weighted by Crippen LogP contribution is -2.44. The van der Waals surface area contributed by atoms with Crippen LogP contribution in [0.15, 0.2) is 29.2 Å². The second-order valence-corrected chi connectivity index (χ2v) is 11.8. The molecule has 2 fully saturated rings. The normalized spacial score (nSPS) is 19.9. The first kappa shape index (κ1) is 23.9. The van der Waals surface area contributed by atoms with Crippen LogP contribution in [0.1, 0.15) is 40.0 Å². The summed E-state index contributed by atoms with van der Waals surface area (Å²) in [6.45, 7) is 12.3. The third-order valence-corrected chi connectivity index (χ3v) is 7.13. The number of likely N-dealkylation sites (tertiary alicyclic amines) is 1. The summed E-state index contributed by atoms with van der Waals surface area (Å²) < 4.78 is 28.9. The van der Waals surface area contributed by atoms with E-state index in [-0.39, 0.29) is 6.09 Å². The molecule has 2 aliphatic heterocycles. The molecule has 174 valence electrons. The molecule has 0 aliphatic carbocycles. The van der Waals surface area contributed by atoms with Crippen molar-refractivity contribution >= 4 is 21.6 Å². The number of rotatable bonds is 4. The number of hydrogen-bond donors (Lipinski definition) is 0. The molecule has 0 N–H and O–H groups in total. The molecule has 0 radical (unpaired) electrons. The van der Waals surface area contributed by atoms with Gasteiger partial charge in [-0.3, -0.25) is 0 Å². The van der Waals surface area contributed by atoms with Crippen molar-refractivity contribution in [3.8, 4) is 0 Å². The van der Waals surface area contributed by atoms with Gasteiger partial charge in [0.2, 0.25) is 0 Å². The van der Waals surface area contributed by atoms with E-state index in [0.29, 0.717) is 10.8 Å². The zero-order chi connectivity index (χ0) is 22.6. The van der Waals surface area contributed by atoms with Gasteiger partial charge >= 0.3 is 6.09 Å². The maximum atomic E-state index is 12.3. The van der Waals surface area contributed by atoms with Crippen molar-refractivity contribution in [2.45, 2.75) is 50.5 Å². The lowest BCUT2D eigenvalue weighted by molar-refractivity contribution is 0.0170. The maximum Gasteiger partial charge on any atom is 0.410 e. The summed E-state index contributed by atoms with van der Waals surface area (Å²) in [5.74, 6) is 0.610. The molecular formula is C23H37N3O4S. The van der Waals surface area contributed by atoms with E-state index in [9.17, 15) is 13.2 Å². The molecule has 0 saturated carbocycles. The first-order valence-electron chi connectivity index (χ1n) is 11.3. The summed E-state index contributed by atoms with van der Waals surface area (Å²) in [6.07, 6.45) is 4.17. The number of amides is 1. The molecule has 7 nitrogen and oxygen atoms in total. The Bertz CT molecular complexity index is 841. The van der Waals surface area contributed by atoms with Crippen LogP contribution >= 0.6 is 0 Å². The van der Waals surface area contributed by atoms with Crippen molar-refractivity contribution in [1.29, 1.82) is 0 Å². The molecular weight excluding hydrogens is 414 g/mol. The zero-order valence-electron chi connectivity index (χ0n) is 19.3. The number of ether oxygens (including phenoxy) is 1. The molecule has 0 atom stereocenters. The van der Waals surface area contributed by atoms with Crippen molar-refractivity contribution < 1.29 is 17.9 Å². The van der Waals surface area contributed by atoms with E-state index >= 15 is 0 Å². The van der Waals surface area contributed by atoms with Crippen molar-refractivity contribution in [3.05, 3.63) is 24.3 Å². The van der Waals surface area contributed by atoms with E-state index in [1.807, 2.05) is 37.8 Å². The van der Waals surface area contributed by atoms with Crippen LogP contribution in [0, 0.1) is 5.92 Å². The van der Waals surface area contributed by atoms with E-state index < -0.39 is 15.4 Å². The smallest absolute Gasteiger partial charge is 0.410 e. The van der Waals surface area contributed by atoms with Gasteiger partial charge < -0.3 is 19.4 Å². The highest BCUT2D eigenvalue weighted by Crippen LogP contribution is 2.23. The van der Waals surface area contributed by atoms with Crippen LogP contribution in [-0.2, 0) is 14.6 Å². The molecule has 31 heavy (non-hydrogen) atoms. The van der Waals surface area contributed by atoms with Crippen molar-refractivity contribution in [2.24, 2.45) is 5.92 Å². The number of carbonyl (C=O) groups excluding carboxylic acids is 1. The third-order valence-electron chi connectivity index (χ3n) is 6.00. The molecule has 0 unspecified atom stereocenters. The van der Waals surface area contributed by atoms with Crippen molar-refractivity contribution in [3.63, 3.8) is 0 Å². The predicted molar refractivity (Wildman–Crippen MR) is 123 cm³/mol. The minimum atomic E-state index is -3.16. The molecule has 2 aliphatic rings.